The van der Waals surface area contributed by atoms with Crippen molar-refractivity contribution >= 4 is 17.0 Å². The summed E-state index contributed by atoms with van der Waals surface area (Å²) in [5.74, 6) is -0.439. The summed E-state index contributed by atoms with van der Waals surface area (Å²) in [6.45, 7) is -6.59. The van der Waals surface area contributed by atoms with Gasteiger partial charge in [0.05, 0.1) is 12.9 Å². The van der Waals surface area contributed by atoms with Crippen LogP contribution in [-0.2, 0) is 4.74 Å². The van der Waals surface area contributed by atoms with E-state index in [1.807, 2.05) is 0 Å². The maximum atomic E-state index is 10.2. The molecule has 1 saturated heterocycles. The Morgan fingerprint density at radius 2 is 2.14 bits per heavy atom. The van der Waals surface area contributed by atoms with Crippen LogP contribution in [0, 0.1) is 0 Å². The first kappa shape index (κ1) is 8.59. The van der Waals surface area contributed by atoms with Crippen LogP contribution in [0.5, 0.6) is 0 Å². The van der Waals surface area contributed by atoms with E-state index in [1.54, 1.807) is 0 Å². The molecular weight excluding hydrogens is 278 g/mol. The number of aliphatic hydroxyl groups is 3. The molecule has 0 bridgehead atoms. The molecule has 0 amide bonds. The minimum absolute atomic E-state index is 0.00617. The number of aliphatic hydroxyl groups excluding tert-OH is 3. The van der Waals surface area contributed by atoms with Gasteiger partial charge in [-0.1, -0.05) is 0 Å². The highest BCUT2D eigenvalue weighted by molar-refractivity contribution is 5.83. The van der Waals surface area contributed by atoms with Crippen molar-refractivity contribution in [3.8, 4) is 0 Å². The van der Waals surface area contributed by atoms with E-state index in [0.717, 1.165) is 12.7 Å². The van der Waals surface area contributed by atoms with Gasteiger partial charge in [0.2, 0.25) is 0 Å². The molecule has 9 heteroatoms. The molecule has 21 heavy (non-hydrogen) atoms. The zero-order valence-electron chi connectivity index (χ0n) is 16.7. The molecule has 1 aliphatic rings. The molecule has 0 saturated carbocycles. The Balaban J connectivity index is 2.11. The molecule has 3 heterocycles. The van der Waals surface area contributed by atoms with Crippen LogP contribution in [0.25, 0.3) is 11.2 Å². The minimum Gasteiger partial charge on any atom is -0.394 e. The maximum absolute atomic E-state index is 10.2. The topological polar surface area (TPSA) is 117 Å². The van der Waals surface area contributed by atoms with E-state index in [2.05, 4.69) is 15.0 Å². The Bertz CT molecular complexity index is 813. The molecule has 0 aromatic carbocycles. The predicted molar refractivity (Wildman–Crippen MR) is 72.7 cm³/mol. The van der Waals surface area contributed by atoms with Gasteiger partial charge in [-0.05, 0) is 0 Å². The van der Waals surface area contributed by atoms with Crippen LogP contribution in [0.1, 0.15) is 14.5 Å². The van der Waals surface area contributed by atoms with Crippen LogP contribution in [-0.4, -0.2) is 73.7 Å². The van der Waals surface area contributed by atoms with Crippen LogP contribution in [0.4, 0.5) is 5.82 Å². The Kier molecular flexibility index (Phi) is 2.12. The molecule has 1 fully saturated rings. The van der Waals surface area contributed by atoms with Gasteiger partial charge in [0.1, 0.15) is 24.6 Å². The largest absolute Gasteiger partial charge is 0.394 e. The first-order valence-corrected chi connectivity index (χ1v) is 6.07. The van der Waals surface area contributed by atoms with Crippen LogP contribution >= 0.6 is 0 Å². The fraction of sp³-hybridized carbons (Fsp3) is 0.583. The summed E-state index contributed by atoms with van der Waals surface area (Å²) in [6, 6.07) is 0. The molecule has 2 aromatic heterocycles. The Hall–Kier alpha value is -1.81. The van der Waals surface area contributed by atoms with Crippen LogP contribution in [0.3, 0.4) is 0 Å². The Labute approximate surface area is 128 Å². The minimum atomic E-state index is -3.03. The van der Waals surface area contributed by atoms with Gasteiger partial charge >= 0.3 is 0 Å². The second-order valence-corrected chi connectivity index (χ2v) is 4.59. The zero-order chi connectivity index (χ0) is 20.1. The molecule has 114 valence electrons. The van der Waals surface area contributed by atoms with Gasteiger partial charge in [0, 0.05) is 22.2 Å². The molecule has 3 N–H and O–H groups in total. The number of aromatic nitrogens is 4. The predicted octanol–water partition coefficient (Wildman–Crippen LogP) is -1.50. The molecule has 0 spiro atoms. The van der Waals surface area contributed by atoms with Crippen molar-refractivity contribution < 1.29 is 28.3 Å². The number of fused-ring (bicyclic) bond motifs is 1. The van der Waals surface area contributed by atoms with Gasteiger partial charge in [0.15, 0.2) is 23.2 Å². The quantitative estimate of drug-likeness (QED) is 0.627. The molecule has 0 aliphatic carbocycles. The lowest BCUT2D eigenvalue weighted by Gasteiger charge is -2.17. The summed E-state index contributed by atoms with van der Waals surface area (Å²) in [5.41, 5.74) is -0.143. The molecule has 3 rings (SSSR count). The Morgan fingerprint density at radius 1 is 1.33 bits per heavy atom. The van der Waals surface area contributed by atoms with Crippen molar-refractivity contribution in [3.05, 3.63) is 12.7 Å². The summed E-state index contributed by atoms with van der Waals surface area (Å²) in [5, 5.41) is 29.3. The van der Waals surface area contributed by atoms with Crippen molar-refractivity contribution in [1.29, 1.82) is 0 Å². The lowest BCUT2D eigenvalue weighted by Crippen LogP contribution is -2.33. The molecule has 2 aromatic rings. The zero-order valence-corrected chi connectivity index (χ0v) is 10.7. The molecule has 0 unspecified atom stereocenters. The summed E-state index contributed by atoms with van der Waals surface area (Å²) < 4.78 is 51.7. The van der Waals surface area contributed by atoms with Crippen LogP contribution in [0.15, 0.2) is 12.7 Å². The Morgan fingerprint density at radius 3 is 2.81 bits per heavy atom. The lowest BCUT2D eigenvalue weighted by atomic mass is 10.1. The van der Waals surface area contributed by atoms with E-state index in [9.17, 15) is 15.3 Å². The van der Waals surface area contributed by atoms with E-state index < -0.39 is 50.9 Å². The van der Waals surface area contributed by atoms with Crippen molar-refractivity contribution in [3.63, 3.8) is 0 Å². The third kappa shape index (κ3) is 2.14. The van der Waals surface area contributed by atoms with Crippen LogP contribution < -0.4 is 4.90 Å². The highest BCUT2D eigenvalue weighted by Gasteiger charge is 2.44. The second-order valence-electron chi connectivity index (χ2n) is 4.59. The summed E-state index contributed by atoms with van der Waals surface area (Å²) >= 11 is 0. The van der Waals surface area contributed by atoms with Gasteiger partial charge < -0.3 is 25.0 Å². The molecule has 9 nitrogen and oxygen atoms in total. The smallest absolute Gasteiger partial charge is 0.167 e. The summed E-state index contributed by atoms with van der Waals surface area (Å²) in [4.78, 5) is 11.9. The molecular formula is C12H17N5O4. The average Bonchev–Trinajstić information content (AvgIpc) is 3.08. The SMILES string of the molecule is [2H]C([2H])([2H])N(c1ncnc2c1ncn2[C@@H]1O[C@H](CO)[C@@H](O)[C@H]1O)C([2H])([2H])[2H]. The summed E-state index contributed by atoms with van der Waals surface area (Å²) in [6.07, 6.45) is -2.87. The van der Waals surface area contributed by atoms with E-state index in [0.29, 0.717) is 0 Å². The summed E-state index contributed by atoms with van der Waals surface area (Å²) in [7, 11) is 0. The van der Waals surface area contributed by atoms with E-state index in [4.69, 9.17) is 13.0 Å². The highest BCUT2D eigenvalue weighted by atomic mass is 16.6. The monoisotopic (exact) mass is 301 g/mol. The van der Waals surface area contributed by atoms with Gasteiger partial charge in [0.25, 0.3) is 0 Å². The standard InChI is InChI=1S/C12H17N5O4/c1-16(2)10-7-11(14-4-13-10)17(5-15-7)12-9(20)8(19)6(3-18)21-12/h4-6,8-9,12,18-20H,3H2,1-2H3/t6-,8-,9-,12-/m1/s1/i1D3,2D3. The molecule has 4 atom stereocenters. The third-order valence-corrected chi connectivity index (χ3v) is 3.34. The molecule has 1 aliphatic heterocycles. The van der Waals surface area contributed by atoms with E-state index >= 15 is 0 Å². The number of rotatable bonds is 3. The van der Waals surface area contributed by atoms with E-state index in [-0.39, 0.29) is 16.1 Å². The fourth-order valence-corrected chi connectivity index (χ4v) is 2.30. The fourth-order valence-electron chi connectivity index (χ4n) is 2.30. The average molecular weight is 301 g/mol. The first-order valence-electron chi connectivity index (χ1n) is 9.07. The normalized spacial score (nSPS) is 34.6. The number of hydrogen-bond acceptors (Lipinski definition) is 8. The highest BCUT2D eigenvalue weighted by Crippen LogP contribution is 2.32. The lowest BCUT2D eigenvalue weighted by molar-refractivity contribution is -0.0511. The van der Waals surface area contributed by atoms with Crippen molar-refractivity contribution in [2.24, 2.45) is 0 Å². The number of nitrogens with zero attached hydrogens (tertiary/aromatic N) is 5. The van der Waals surface area contributed by atoms with E-state index in [1.165, 1.54) is 4.57 Å². The van der Waals surface area contributed by atoms with Gasteiger partial charge in [-0.25, -0.2) is 15.0 Å². The number of ether oxygens (including phenoxy) is 1. The van der Waals surface area contributed by atoms with Gasteiger partial charge in [-0.15, -0.1) is 0 Å². The van der Waals surface area contributed by atoms with Crippen LogP contribution in [0.2, 0.25) is 0 Å². The number of anilines is 1. The number of hydrogen-bond donors (Lipinski definition) is 3. The maximum Gasteiger partial charge on any atom is 0.167 e. The van der Waals surface area contributed by atoms with Crippen molar-refractivity contribution in [2.45, 2.75) is 24.5 Å². The second kappa shape index (κ2) is 5.19. The number of imidazole rings is 1. The third-order valence-electron chi connectivity index (χ3n) is 3.34. The molecule has 0 radical (unpaired) electrons. The first-order chi connectivity index (χ1) is 12.5. The van der Waals surface area contributed by atoms with Gasteiger partial charge in [-0.2, -0.15) is 0 Å². The van der Waals surface area contributed by atoms with Gasteiger partial charge in [-0.3, -0.25) is 4.57 Å². The van der Waals surface area contributed by atoms with Crippen molar-refractivity contribution in [1.82, 2.24) is 19.5 Å². The van der Waals surface area contributed by atoms with Crippen molar-refractivity contribution in [2.75, 3.05) is 25.5 Å².